The standard InChI is InChI=1S/C20H16N2OS/c1-12-6-8-14(9-7-12)16-11-24-20-17(16)19(23)21-18(22-20)15-5-3-4-13(2)10-15/h3-11H,1-2H3,(H,21,22,23). The molecule has 118 valence electrons. The van der Waals surface area contributed by atoms with Gasteiger partial charge in [-0.25, -0.2) is 4.98 Å². The summed E-state index contributed by atoms with van der Waals surface area (Å²) in [5, 5.41) is 2.68. The van der Waals surface area contributed by atoms with Crippen molar-refractivity contribution in [2.24, 2.45) is 0 Å². The van der Waals surface area contributed by atoms with Crippen LogP contribution in [0.2, 0.25) is 0 Å². The van der Waals surface area contributed by atoms with E-state index in [-0.39, 0.29) is 5.56 Å². The third-order valence-corrected chi connectivity index (χ3v) is 4.97. The zero-order valence-electron chi connectivity index (χ0n) is 13.5. The fraction of sp³-hybridized carbons (Fsp3) is 0.100. The largest absolute Gasteiger partial charge is 0.306 e. The third kappa shape index (κ3) is 2.55. The first-order valence-electron chi connectivity index (χ1n) is 7.77. The summed E-state index contributed by atoms with van der Waals surface area (Å²) in [6, 6.07) is 16.2. The number of aromatic nitrogens is 2. The van der Waals surface area contributed by atoms with Crippen molar-refractivity contribution >= 4 is 21.6 Å². The number of aryl methyl sites for hydroxylation is 2. The Kier molecular flexibility index (Phi) is 3.54. The minimum absolute atomic E-state index is 0.0895. The molecule has 4 rings (SSSR count). The van der Waals surface area contributed by atoms with Gasteiger partial charge in [-0.05, 0) is 25.5 Å². The molecule has 2 heterocycles. The van der Waals surface area contributed by atoms with E-state index in [1.54, 1.807) is 0 Å². The van der Waals surface area contributed by atoms with Crippen molar-refractivity contribution in [1.82, 2.24) is 9.97 Å². The molecule has 0 saturated heterocycles. The predicted octanol–water partition coefficient (Wildman–Crippen LogP) is 4.94. The van der Waals surface area contributed by atoms with Gasteiger partial charge in [0.1, 0.15) is 10.7 Å². The molecule has 0 radical (unpaired) electrons. The summed E-state index contributed by atoms with van der Waals surface area (Å²) in [6.07, 6.45) is 0. The average Bonchev–Trinajstić information content (AvgIpc) is 3.00. The van der Waals surface area contributed by atoms with Crippen LogP contribution in [0.4, 0.5) is 0 Å². The number of aromatic amines is 1. The minimum Gasteiger partial charge on any atom is -0.306 e. The molecule has 0 aliphatic heterocycles. The van der Waals surface area contributed by atoms with Crippen LogP contribution in [-0.2, 0) is 0 Å². The van der Waals surface area contributed by atoms with E-state index in [0.29, 0.717) is 11.2 Å². The van der Waals surface area contributed by atoms with Crippen LogP contribution in [0.15, 0.2) is 58.7 Å². The van der Waals surface area contributed by atoms with Crippen molar-refractivity contribution in [2.45, 2.75) is 13.8 Å². The molecule has 4 aromatic rings. The van der Waals surface area contributed by atoms with Crippen LogP contribution >= 0.6 is 11.3 Å². The highest BCUT2D eigenvalue weighted by Gasteiger charge is 2.13. The van der Waals surface area contributed by atoms with E-state index in [1.807, 2.05) is 48.7 Å². The molecule has 0 aliphatic carbocycles. The fourth-order valence-electron chi connectivity index (χ4n) is 2.82. The zero-order valence-corrected chi connectivity index (χ0v) is 14.3. The SMILES string of the molecule is Cc1ccc(-c2csc3nc(-c4cccc(C)c4)[nH]c(=O)c23)cc1. The molecule has 0 fully saturated rings. The normalized spacial score (nSPS) is 11.1. The zero-order chi connectivity index (χ0) is 16.7. The number of thiophene rings is 1. The Bertz CT molecular complexity index is 1090. The Labute approximate surface area is 143 Å². The van der Waals surface area contributed by atoms with Gasteiger partial charge in [-0.2, -0.15) is 0 Å². The molecule has 4 heteroatoms. The maximum atomic E-state index is 12.7. The van der Waals surface area contributed by atoms with Gasteiger partial charge >= 0.3 is 0 Å². The van der Waals surface area contributed by atoms with Crippen molar-refractivity contribution in [1.29, 1.82) is 0 Å². The molecule has 0 saturated carbocycles. The lowest BCUT2D eigenvalue weighted by atomic mass is 10.0. The summed E-state index contributed by atoms with van der Waals surface area (Å²) in [4.78, 5) is 21.1. The predicted molar refractivity (Wildman–Crippen MR) is 101 cm³/mol. The van der Waals surface area contributed by atoms with Crippen LogP contribution in [0.5, 0.6) is 0 Å². The van der Waals surface area contributed by atoms with Crippen LogP contribution in [0.1, 0.15) is 11.1 Å². The van der Waals surface area contributed by atoms with Gasteiger partial charge in [-0.1, -0.05) is 53.6 Å². The maximum absolute atomic E-state index is 12.7. The number of nitrogens with zero attached hydrogens (tertiary/aromatic N) is 1. The molecule has 3 nitrogen and oxygen atoms in total. The Morgan fingerprint density at radius 2 is 1.75 bits per heavy atom. The Hall–Kier alpha value is -2.72. The third-order valence-electron chi connectivity index (χ3n) is 4.10. The fourth-order valence-corrected chi connectivity index (χ4v) is 3.77. The van der Waals surface area contributed by atoms with E-state index in [2.05, 4.69) is 29.0 Å². The van der Waals surface area contributed by atoms with E-state index in [9.17, 15) is 4.79 Å². The van der Waals surface area contributed by atoms with E-state index < -0.39 is 0 Å². The first-order valence-corrected chi connectivity index (χ1v) is 8.65. The highest BCUT2D eigenvalue weighted by Crippen LogP contribution is 2.31. The quantitative estimate of drug-likeness (QED) is 0.565. The Morgan fingerprint density at radius 3 is 2.50 bits per heavy atom. The van der Waals surface area contributed by atoms with Gasteiger partial charge in [0.2, 0.25) is 0 Å². The van der Waals surface area contributed by atoms with E-state index >= 15 is 0 Å². The van der Waals surface area contributed by atoms with E-state index in [1.165, 1.54) is 16.9 Å². The van der Waals surface area contributed by atoms with E-state index in [0.717, 1.165) is 27.1 Å². The number of benzene rings is 2. The number of fused-ring (bicyclic) bond motifs is 1. The molecule has 2 aromatic heterocycles. The lowest BCUT2D eigenvalue weighted by molar-refractivity contribution is 1.19. The van der Waals surface area contributed by atoms with Gasteiger partial charge in [-0.3, -0.25) is 4.79 Å². The summed E-state index contributed by atoms with van der Waals surface area (Å²) < 4.78 is 0. The molecule has 0 aliphatic rings. The van der Waals surface area contributed by atoms with Crippen molar-refractivity contribution in [3.8, 4) is 22.5 Å². The van der Waals surface area contributed by atoms with Gasteiger partial charge in [0, 0.05) is 16.5 Å². The van der Waals surface area contributed by atoms with Gasteiger partial charge in [0.15, 0.2) is 0 Å². The molecule has 0 bridgehead atoms. The van der Waals surface area contributed by atoms with Crippen molar-refractivity contribution < 1.29 is 0 Å². The second-order valence-electron chi connectivity index (χ2n) is 5.98. The molecular weight excluding hydrogens is 316 g/mol. The van der Waals surface area contributed by atoms with Crippen LogP contribution in [0.25, 0.3) is 32.7 Å². The summed E-state index contributed by atoms with van der Waals surface area (Å²) >= 11 is 1.51. The van der Waals surface area contributed by atoms with Gasteiger partial charge in [0.05, 0.1) is 5.39 Å². The number of nitrogens with one attached hydrogen (secondary N) is 1. The van der Waals surface area contributed by atoms with Crippen LogP contribution in [-0.4, -0.2) is 9.97 Å². The second kappa shape index (κ2) is 5.73. The van der Waals surface area contributed by atoms with Gasteiger partial charge < -0.3 is 4.98 Å². The van der Waals surface area contributed by atoms with Crippen molar-refractivity contribution in [3.05, 3.63) is 75.4 Å². The molecule has 0 atom stereocenters. The molecule has 24 heavy (non-hydrogen) atoms. The topological polar surface area (TPSA) is 45.8 Å². The number of hydrogen-bond acceptors (Lipinski definition) is 3. The summed E-state index contributed by atoms with van der Waals surface area (Å²) in [5.41, 5.74) is 5.17. The molecule has 1 N–H and O–H groups in total. The summed E-state index contributed by atoms with van der Waals surface area (Å²) in [7, 11) is 0. The van der Waals surface area contributed by atoms with E-state index in [4.69, 9.17) is 0 Å². The highest BCUT2D eigenvalue weighted by molar-refractivity contribution is 7.17. The summed E-state index contributed by atoms with van der Waals surface area (Å²) in [6.45, 7) is 4.08. The Morgan fingerprint density at radius 1 is 0.958 bits per heavy atom. The number of hydrogen-bond donors (Lipinski definition) is 1. The molecule has 0 amide bonds. The summed E-state index contributed by atoms with van der Waals surface area (Å²) in [5.74, 6) is 0.619. The lowest BCUT2D eigenvalue weighted by Crippen LogP contribution is -2.09. The first kappa shape index (κ1) is 14.8. The molecule has 0 unspecified atom stereocenters. The van der Waals surface area contributed by atoms with Gasteiger partial charge in [-0.15, -0.1) is 11.3 Å². The first-order chi connectivity index (χ1) is 11.6. The molecule has 0 spiro atoms. The maximum Gasteiger partial charge on any atom is 0.260 e. The monoisotopic (exact) mass is 332 g/mol. The van der Waals surface area contributed by atoms with Crippen molar-refractivity contribution in [3.63, 3.8) is 0 Å². The molecule has 2 aromatic carbocycles. The second-order valence-corrected chi connectivity index (χ2v) is 6.84. The van der Waals surface area contributed by atoms with Crippen molar-refractivity contribution in [2.75, 3.05) is 0 Å². The Balaban J connectivity index is 1.90. The van der Waals surface area contributed by atoms with Crippen LogP contribution < -0.4 is 5.56 Å². The molecular formula is C20H16N2OS. The van der Waals surface area contributed by atoms with Crippen LogP contribution in [0.3, 0.4) is 0 Å². The lowest BCUT2D eigenvalue weighted by Gasteiger charge is -2.04. The average molecular weight is 332 g/mol. The minimum atomic E-state index is -0.0895. The smallest absolute Gasteiger partial charge is 0.260 e. The van der Waals surface area contributed by atoms with Gasteiger partial charge in [0.25, 0.3) is 5.56 Å². The number of H-pyrrole nitrogens is 1. The highest BCUT2D eigenvalue weighted by atomic mass is 32.1. The number of rotatable bonds is 2. The van der Waals surface area contributed by atoms with Crippen LogP contribution in [0, 0.1) is 13.8 Å².